The standard InChI is InChI=1S/C44H65NO4/c1-6-8-27-45(4)28-13-10-9-11-14-29-47-35-19-17-33(18-20-35)38-32-43(3)39(23-24-40(43)49-41-16-12-15-30-48-41)44(7-2)26-25-34-31-36(46-5)21-22-37(34)42(38)44/h7,17-22,31,38-42H,2,6,8-16,23-30,32H2,1,3-5H3/t38-,39-,40+,41?,42+,43+,44+/m1/s1. The van der Waals surface area contributed by atoms with E-state index in [-0.39, 0.29) is 23.2 Å². The molecule has 7 atom stereocenters. The summed E-state index contributed by atoms with van der Waals surface area (Å²) >= 11 is 0. The van der Waals surface area contributed by atoms with E-state index >= 15 is 0 Å². The van der Waals surface area contributed by atoms with Gasteiger partial charge >= 0.3 is 0 Å². The van der Waals surface area contributed by atoms with E-state index in [2.05, 4.69) is 80.9 Å². The van der Waals surface area contributed by atoms with Crippen molar-refractivity contribution in [2.45, 2.75) is 134 Å². The summed E-state index contributed by atoms with van der Waals surface area (Å²) in [5.74, 6) is 3.22. The highest BCUT2D eigenvalue weighted by Crippen LogP contribution is 2.71. The van der Waals surface area contributed by atoms with Crippen LogP contribution in [0.5, 0.6) is 11.5 Å². The van der Waals surface area contributed by atoms with Crippen LogP contribution in [0.3, 0.4) is 0 Å². The first-order valence-corrected chi connectivity index (χ1v) is 19.9. The molecule has 6 rings (SSSR count). The largest absolute Gasteiger partial charge is 0.497 e. The Hall–Kier alpha value is -2.34. The molecule has 0 N–H and O–H groups in total. The third-order valence-electron chi connectivity index (χ3n) is 13.0. The van der Waals surface area contributed by atoms with Crippen molar-refractivity contribution in [3.05, 3.63) is 71.8 Å². The Morgan fingerprint density at radius 3 is 2.47 bits per heavy atom. The molecule has 0 bridgehead atoms. The summed E-state index contributed by atoms with van der Waals surface area (Å²) in [4.78, 5) is 2.48. The molecule has 5 nitrogen and oxygen atoms in total. The van der Waals surface area contributed by atoms with E-state index < -0.39 is 0 Å². The SMILES string of the molecule is C=C[C@@]12CCc3cc(OC)ccc3[C@H]1[C@@H](c1ccc(OCCCCCCCN(C)CCCC)cc1)C[C@]1(C)[C@@H](OC3CCCCO3)CC[C@H]12. The maximum absolute atomic E-state index is 6.91. The van der Waals surface area contributed by atoms with Crippen LogP contribution in [0.25, 0.3) is 0 Å². The van der Waals surface area contributed by atoms with E-state index in [0.29, 0.717) is 17.8 Å². The number of ether oxygens (including phenoxy) is 4. The number of benzene rings is 2. The average Bonchev–Trinajstić information content (AvgIpc) is 3.47. The Balaban J connectivity index is 1.16. The minimum Gasteiger partial charge on any atom is -0.497 e. The lowest BCUT2D eigenvalue weighted by atomic mass is 9.44. The van der Waals surface area contributed by atoms with Crippen LogP contribution in [0, 0.1) is 16.7 Å². The van der Waals surface area contributed by atoms with Gasteiger partial charge in [0.25, 0.3) is 0 Å². The van der Waals surface area contributed by atoms with Gasteiger partial charge in [0.15, 0.2) is 6.29 Å². The van der Waals surface area contributed by atoms with Crippen LogP contribution in [-0.4, -0.2) is 57.8 Å². The quantitative estimate of drug-likeness (QED) is 0.124. The van der Waals surface area contributed by atoms with Crippen LogP contribution in [0.15, 0.2) is 55.1 Å². The lowest BCUT2D eigenvalue weighted by Gasteiger charge is -2.60. The third-order valence-corrected chi connectivity index (χ3v) is 13.0. The van der Waals surface area contributed by atoms with Crippen LogP contribution < -0.4 is 9.47 Å². The average molecular weight is 672 g/mol. The summed E-state index contributed by atoms with van der Waals surface area (Å²) in [5, 5.41) is 0. The topological polar surface area (TPSA) is 40.2 Å². The molecule has 1 unspecified atom stereocenters. The van der Waals surface area contributed by atoms with Gasteiger partial charge < -0.3 is 23.8 Å². The van der Waals surface area contributed by atoms with Gasteiger partial charge in [0, 0.05) is 12.5 Å². The normalized spacial score (nSPS) is 30.8. The summed E-state index contributed by atoms with van der Waals surface area (Å²) in [6, 6.07) is 16.0. The second-order valence-corrected chi connectivity index (χ2v) is 16.1. The van der Waals surface area contributed by atoms with Crippen molar-refractivity contribution in [1.82, 2.24) is 4.90 Å². The highest BCUT2D eigenvalue weighted by Gasteiger charge is 2.64. The van der Waals surface area contributed by atoms with Crippen molar-refractivity contribution in [3.8, 4) is 11.5 Å². The Morgan fingerprint density at radius 1 is 0.939 bits per heavy atom. The van der Waals surface area contributed by atoms with Crippen LogP contribution in [-0.2, 0) is 15.9 Å². The molecule has 1 aliphatic heterocycles. The van der Waals surface area contributed by atoms with Crippen LogP contribution in [0.1, 0.15) is 132 Å². The molecular formula is C44H65NO4. The van der Waals surface area contributed by atoms with E-state index in [0.717, 1.165) is 69.7 Å². The van der Waals surface area contributed by atoms with Crippen molar-refractivity contribution in [1.29, 1.82) is 0 Å². The number of aryl methyl sites for hydroxylation is 1. The van der Waals surface area contributed by atoms with E-state index in [4.69, 9.17) is 18.9 Å². The summed E-state index contributed by atoms with van der Waals surface area (Å²) in [6.45, 7) is 13.5. The molecule has 49 heavy (non-hydrogen) atoms. The fourth-order valence-corrected chi connectivity index (χ4v) is 10.4. The van der Waals surface area contributed by atoms with E-state index in [1.54, 1.807) is 7.11 Å². The molecule has 0 amide bonds. The molecule has 2 aromatic carbocycles. The third kappa shape index (κ3) is 7.95. The van der Waals surface area contributed by atoms with Gasteiger partial charge in [0.1, 0.15) is 11.5 Å². The van der Waals surface area contributed by atoms with Crippen molar-refractivity contribution < 1.29 is 18.9 Å². The van der Waals surface area contributed by atoms with Crippen molar-refractivity contribution in [3.63, 3.8) is 0 Å². The Kier molecular flexibility index (Phi) is 12.5. The number of allylic oxidation sites excluding steroid dienone is 1. The number of unbranched alkanes of at least 4 members (excludes halogenated alkanes) is 5. The minimum atomic E-state index is -0.0570. The van der Waals surface area contributed by atoms with Gasteiger partial charge in [0.2, 0.25) is 0 Å². The van der Waals surface area contributed by atoms with Crippen molar-refractivity contribution >= 4 is 0 Å². The second-order valence-electron chi connectivity index (χ2n) is 16.1. The van der Waals surface area contributed by atoms with Gasteiger partial charge in [-0.25, -0.2) is 0 Å². The number of methoxy groups -OCH3 is 1. The molecule has 3 fully saturated rings. The highest BCUT2D eigenvalue weighted by atomic mass is 16.7. The highest BCUT2D eigenvalue weighted by molar-refractivity contribution is 5.47. The summed E-state index contributed by atoms with van der Waals surface area (Å²) in [5.41, 5.74) is 4.42. The van der Waals surface area contributed by atoms with Crippen LogP contribution in [0.2, 0.25) is 0 Å². The number of rotatable bonds is 17. The first kappa shape index (κ1) is 36.5. The van der Waals surface area contributed by atoms with Gasteiger partial charge in [-0.15, -0.1) is 6.58 Å². The predicted octanol–water partition coefficient (Wildman–Crippen LogP) is 10.5. The molecular weight excluding hydrogens is 606 g/mol. The lowest BCUT2D eigenvalue weighted by Crippen LogP contribution is -2.54. The molecule has 1 saturated heterocycles. The molecule has 270 valence electrons. The fourth-order valence-electron chi connectivity index (χ4n) is 10.4. The zero-order chi connectivity index (χ0) is 34.3. The smallest absolute Gasteiger partial charge is 0.157 e. The van der Waals surface area contributed by atoms with Gasteiger partial charge in [0.05, 0.1) is 19.8 Å². The molecule has 0 spiro atoms. The van der Waals surface area contributed by atoms with Gasteiger partial charge in [-0.2, -0.15) is 0 Å². The molecule has 2 aromatic rings. The summed E-state index contributed by atoms with van der Waals surface area (Å²) in [6.07, 6.45) is 20.3. The fraction of sp³-hybridized carbons (Fsp3) is 0.682. The Morgan fingerprint density at radius 2 is 1.71 bits per heavy atom. The van der Waals surface area contributed by atoms with Crippen LogP contribution in [0.4, 0.5) is 0 Å². The van der Waals surface area contributed by atoms with E-state index in [1.165, 1.54) is 81.1 Å². The summed E-state index contributed by atoms with van der Waals surface area (Å²) < 4.78 is 25.0. The van der Waals surface area contributed by atoms with Gasteiger partial charge in [-0.1, -0.05) is 63.8 Å². The number of fused-ring (bicyclic) bond motifs is 5. The predicted molar refractivity (Wildman–Crippen MR) is 201 cm³/mol. The lowest BCUT2D eigenvalue weighted by molar-refractivity contribution is -0.216. The number of nitrogens with zero attached hydrogens (tertiary/aromatic N) is 1. The Labute approximate surface area is 298 Å². The molecule has 2 saturated carbocycles. The maximum atomic E-state index is 6.91. The van der Waals surface area contributed by atoms with Gasteiger partial charge in [-0.3, -0.25) is 0 Å². The first-order chi connectivity index (χ1) is 23.9. The zero-order valence-electron chi connectivity index (χ0n) is 31.2. The monoisotopic (exact) mass is 671 g/mol. The van der Waals surface area contributed by atoms with E-state index in [1.807, 2.05) is 0 Å². The molecule has 5 heteroatoms. The second kappa shape index (κ2) is 16.8. The Bertz CT molecular complexity index is 1340. The number of hydrogen-bond donors (Lipinski definition) is 0. The minimum absolute atomic E-state index is 0.0187. The molecule has 3 aliphatic carbocycles. The molecule has 0 radical (unpaired) electrons. The number of hydrogen-bond acceptors (Lipinski definition) is 5. The maximum Gasteiger partial charge on any atom is 0.157 e. The molecule has 1 heterocycles. The van der Waals surface area contributed by atoms with Crippen LogP contribution >= 0.6 is 0 Å². The summed E-state index contributed by atoms with van der Waals surface area (Å²) in [7, 11) is 4.04. The first-order valence-electron chi connectivity index (χ1n) is 19.9. The zero-order valence-corrected chi connectivity index (χ0v) is 31.2. The van der Waals surface area contributed by atoms with E-state index in [9.17, 15) is 0 Å². The molecule has 0 aromatic heterocycles. The van der Waals surface area contributed by atoms with Gasteiger partial charge in [-0.05, 0) is 154 Å². The van der Waals surface area contributed by atoms with Crippen molar-refractivity contribution in [2.75, 3.05) is 40.5 Å². The van der Waals surface area contributed by atoms with Crippen molar-refractivity contribution in [2.24, 2.45) is 16.7 Å². The molecule has 4 aliphatic rings.